The van der Waals surface area contributed by atoms with E-state index in [4.69, 9.17) is 0 Å². The maximum absolute atomic E-state index is 4.50. The molecule has 0 atom stereocenters. The predicted molar refractivity (Wildman–Crippen MR) is 72.3 cm³/mol. The van der Waals surface area contributed by atoms with Crippen LogP contribution in [0.3, 0.4) is 0 Å². The van der Waals surface area contributed by atoms with E-state index in [1.165, 1.54) is 32.8 Å². The van der Waals surface area contributed by atoms with E-state index in [2.05, 4.69) is 58.0 Å². The molecule has 3 nitrogen and oxygen atoms in total. The Labute approximate surface area is 102 Å². The number of para-hydroxylation sites is 2. The summed E-state index contributed by atoms with van der Waals surface area (Å²) in [5.74, 6) is 0. The summed E-state index contributed by atoms with van der Waals surface area (Å²) in [7, 11) is 0. The van der Waals surface area contributed by atoms with E-state index >= 15 is 0 Å². The molecule has 2 aromatic carbocycles. The Morgan fingerprint density at radius 2 is 1.44 bits per heavy atom. The second-order valence-electron chi connectivity index (χ2n) is 4.65. The van der Waals surface area contributed by atoms with Crippen molar-refractivity contribution in [3.05, 3.63) is 54.9 Å². The second-order valence-corrected chi connectivity index (χ2v) is 4.65. The van der Waals surface area contributed by atoms with Crippen LogP contribution in [0.25, 0.3) is 32.8 Å². The summed E-state index contributed by atoms with van der Waals surface area (Å²) in [4.78, 5) is 0. The van der Waals surface area contributed by atoms with E-state index in [0.717, 1.165) is 0 Å². The van der Waals surface area contributed by atoms with Crippen LogP contribution in [0.2, 0.25) is 0 Å². The van der Waals surface area contributed by atoms with E-state index in [0.29, 0.717) is 0 Å². The Morgan fingerprint density at radius 1 is 0.778 bits per heavy atom. The van der Waals surface area contributed by atoms with E-state index in [1.54, 1.807) is 0 Å². The highest BCUT2D eigenvalue weighted by Crippen LogP contribution is 2.35. The van der Waals surface area contributed by atoms with Gasteiger partial charge in [0.1, 0.15) is 12.0 Å². The molecule has 0 unspecified atom stereocenters. The van der Waals surface area contributed by atoms with Gasteiger partial charge < -0.3 is 0 Å². The van der Waals surface area contributed by atoms with E-state index in [-0.39, 0.29) is 0 Å². The van der Waals surface area contributed by atoms with Gasteiger partial charge in [-0.25, -0.2) is 4.52 Å². The van der Waals surface area contributed by atoms with Crippen LogP contribution in [0, 0.1) is 0 Å². The second kappa shape index (κ2) is 2.64. The first-order chi connectivity index (χ1) is 8.95. The fourth-order valence-electron chi connectivity index (χ4n) is 3.04. The van der Waals surface area contributed by atoms with Gasteiger partial charge in [0.2, 0.25) is 0 Å². The first kappa shape index (κ1) is 8.53. The van der Waals surface area contributed by atoms with Crippen LogP contribution in [0.5, 0.6) is 0 Å². The molecule has 0 saturated carbocycles. The first-order valence-electron chi connectivity index (χ1n) is 6.02. The minimum absolute atomic E-state index is 1.18. The summed E-state index contributed by atoms with van der Waals surface area (Å²) in [6.45, 7) is 0. The highest BCUT2D eigenvalue weighted by Gasteiger charge is 2.17. The lowest BCUT2D eigenvalue weighted by molar-refractivity contribution is 1.01. The van der Waals surface area contributed by atoms with Crippen molar-refractivity contribution in [1.82, 2.24) is 14.0 Å². The molecular weight excluding hydrogens is 222 g/mol. The average molecular weight is 231 g/mol. The van der Waals surface area contributed by atoms with Gasteiger partial charge in [-0.15, -0.1) is 0 Å². The van der Waals surface area contributed by atoms with E-state index < -0.39 is 0 Å². The van der Waals surface area contributed by atoms with Crippen molar-refractivity contribution in [3.63, 3.8) is 0 Å². The van der Waals surface area contributed by atoms with Crippen molar-refractivity contribution in [2.75, 3.05) is 0 Å². The number of aromatic nitrogens is 3. The van der Waals surface area contributed by atoms with Crippen molar-refractivity contribution in [2.24, 2.45) is 0 Å². The molecule has 0 aliphatic rings. The third kappa shape index (κ3) is 0.758. The molecule has 0 radical (unpaired) electrons. The Kier molecular flexibility index (Phi) is 1.25. The molecule has 0 aliphatic carbocycles. The van der Waals surface area contributed by atoms with Crippen LogP contribution >= 0.6 is 0 Å². The summed E-state index contributed by atoms with van der Waals surface area (Å²) >= 11 is 0. The molecule has 0 aliphatic heterocycles. The number of hydrogen-bond acceptors (Lipinski definition) is 1. The molecule has 84 valence electrons. The summed E-state index contributed by atoms with van der Waals surface area (Å²) < 4.78 is 4.20. The van der Waals surface area contributed by atoms with Crippen LogP contribution in [0.1, 0.15) is 0 Å². The van der Waals surface area contributed by atoms with Gasteiger partial charge in [-0.1, -0.05) is 36.4 Å². The quantitative estimate of drug-likeness (QED) is 0.400. The fourth-order valence-corrected chi connectivity index (χ4v) is 3.04. The molecule has 18 heavy (non-hydrogen) atoms. The molecule has 0 fully saturated rings. The van der Waals surface area contributed by atoms with Crippen LogP contribution in [-0.2, 0) is 0 Å². The third-order valence-corrected chi connectivity index (χ3v) is 3.77. The molecule has 0 bridgehead atoms. The van der Waals surface area contributed by atoms with Crippen molar-refractivity contribution >= 4 is 32.8 Å². The number of hydrogen-bond donors (Lipinski definition) is 0. The van der Waals surface area contributed by atoms with Crippen molar-refractivity contribution in [3.8, 4) is 0 Å². The zero-order chi connectivity index (χ0) is 11.7. The van der Waals surface area contributed by atoms with Gasteiger partial charge in [0.25, 0.3) is 0 Å². The molecule has 0 saturated heterocycles. The zero-order valence-corrected chi connectivity index (χ0v) is 9.54. The van der Waals surface area contributed by atoms with Gasteiger partial charge in [0.05, 0.1) is 11.0 Å². The highest BCUT2D eigenvalue weighted by molar-refractivity contribution is 6.21. The van der Waals surface area contributed by atoms with Crippen LogP contribution in [-0.4, -0.2) is 14.0 Å². The summed E-state index contributed by atoms with van der Waals surface area (Å²) in [5.41, 5.74) is 3.58. The van der Waals surface area contributed by atoms with Gasteiger partial charge in [-0.3, -0.25) is 4.40 Å². The SMILES string of the molecule is c1ccc2c(c1)c1c3ccccc3n3ncn2c13. The van der Waals surface area contributed by atoms with Crippen molar-refractivity contribution < 1.29 is 0 Å². The fraction of sp³-hybridized carbons (Fsp3) is 0. The maximum atomic E-state index is 4.50. The Balaban J connectivity index is 2.32. The first-order valence-corrected chi connectivity index (χ1v) is 6.02. The minimum Gasteiger partial charge on any atom is -0.282 e. The lowest BCUT2D eigenvalue weighted by atomic mass is 10.1. The number of rotatable bonds is 0. The zero-order valence-electron chi connectivity index (χ0n) is 9.54. The predicted octanol–water partition coefficient (Wildman–Crippen LogP) is 3.33. The molecule has 5 rings (SSSR count). The molecule has 0 amide bonds. The third-order valence-electron chi connectivity index (χ3n) is 3.77. The standard InChI is InChI=1S/C15H9N3/c1-3-7-12-10(5-1)14-11-6-2-4-8-13(11)18-15(14)17(12)9-16-18/h1-9H. The molecule has 3 heterocycles. The largest absolute Gasteiger partial charge is 0.282 e. The van der Waals surface area contributed by atoms with E-state index in [1.807, 2.05) is 10.8 Å². The van der Waals surface area contributed by atoms with E-state index in [9.17, 15) is 0 Å². The Hall–Kier alpha value is -2.55. The van der Waals surface area contributed by atoms with Crippen LogP contribution in [0.4, 0.5) is 0 Å². The molecule has 5 aromatic rings. The van der Waals surface area contributed by atoms with Gasteiger partial charge in [-0.2, -0.15) is 5.10 Å². The molecule has 3 heteroatoms. The molecular formula is C15H9N3. The van der Waals surface area contributed by atoms with Crippen LogP contribution < -0.4 is 0 Å². The normalized spacial score (nSPS) is 12.4. The van der Waals surface area contributed by atoms with Gasteiger partial charge in [0, 0.05) is 16.2 Å². The van der Waals surface area contributed by atoms with Crippen LogP contribution in [0.15, 0.2) is 54.9 Å². The van der Waals surface area contributed by atoms with Gasteiger partial charge >= 0.3 is 0 Å². The average Bonchev–Trinajstić information content (AvgIpc) is 3.06. The molecule has 0 N–H and O–H groups in total. The number of benzene rings is 2. The molecule has 3 aromatic heterocycles. The topological polar surface area (TPSA) is 21.7 Å². The lowest BCUT2D eigenvalue weighted by Crippen LogP contribution is -1.80. The lowest BCUT2D eigenvalue weighted by Gasteiger charge is -1.92. The Morgan fingerprint density at radius 3 is 2.28 bits per heavy atom. The summed E-state index contributed by atoms with van der Waals surface area (Å²) in [6.07, 6.45) is 1.90. The Bertz CT molecular complexity index is 940. The number of fused-ring (bicyclic) bond motifs is 6. The smallest absolute Gasteiger partial charge is 0.149 e. The monoisotopic (exact) mass is 231 g/mol. The minimum atomic E-state index is 1.18. The van der Waals surface area contributed by atoms with Crippen molar-refractivity contribution in [2.45, 2.75) is 0 Å². The van der Waals surface area contributed by atoms with Gasteiger partial charge in [0.15, 0.2) is 0 Å². The highest BCUT2D eigenvalue weighted by atomic mass is 15.3. The maximum Gasteiger partial charge on any atom is 0.149 e. The summed E-state index contributed by atoms with van der Waals surface area (Å²) in [6, 6.07) is 16.9. The van der Waals surface area contributed by atoms with Crippen molar-refractivity contribution in [1.29, 1.82) is 0 Å². The molecule has 0 spiro atoms. The van der Waals surface area contributed by atoms with Gasteiger partial charge in [-0.05, 0) is 12.1 Å². The number of nitrogens with zero attached hydrogens (tertiary/aromatic N) is 3. The summed E-state index contributed by atoms with van der Waals surface area (Å²) in [5, 5.41) is 8.38.